The molecule has 4 nitrogen and oxygen atoms in total. The molecule has 1 unspecified atom stereocenters. The molecule has 1 saturated heterocycles. The van der Waals surface area contributed by atoms with Crippen LogP contribution in [-0.2, 0) is 14.2 Å². The third kappa shape index (κ3) is 7.31. The second-order valence-corrected chi connectivity index (χ2v) is 5.01. The van der Waals surface area contributed by atoms with E-state index in [1.54, 1.807) is 7.11 Å². The Bertz CT molecular complexity index is 184. The Hall–Kier alpha value is -0.160. The lowest BCUT2D eigenvalue weighted by Crippen LogP contribution is -2.37. The normalized spacial score (nSPS) is 19.0. The molecular formula is C14H29NO3. The summed E-state index contributed by atoms with van der Waals surface area (Å²) in [7, 11) is 1.71. The topological polar surface area (TPSA) is 39.7 Å². The molecule has 0 saturated carbocycles. The molecular weight excluding hydrogens is 230 g/mol. The van der Waals surface area contributed by atoms with Gasteiger partial charge in [0.15, 0.2) is 0 Å². The second kappa shape index (κ2) is 10.7. The van der Waals surface area contributed by atoms with Crippen LogP contribution in [0, 0.1) is 5.92 Å². The Morgan fingerprint density at radius 1 is 1.28 bits per heavy atom. The molecule has 0 aromatic carbocycles. The van der Waals surface area contributed by atoms with Crippen molar-refractivity contribution < 1.29 is 14.2 Å². The van der Waals surface area contributed by atoms with E-state index in [9.17, 15) is 0 Å². The Labute approximate surface area is 111 Å². The average Bonchev–Trinajstić information content (AvgIpc) is 2.41. The van der Waals surface area contributed by atoms with Crippen LogP contribution in [0.15, 0.2) is 0 Å². The highest BCUT2D eigenvalue weighted by Gasteiger charge is 2.19. The van der Waals surface area contributed by atoms with Gasteiger partial charge in [0.05, 0.1) is 19.8 Å². The predicted octanol–water partition coefficient (Wildman–Crippen LogP) is 1.83. The zero-order valence-corrected chi connectivity index (χ0v) is 12.0. The van der Waals surface area contributed by atoms with Gasteiger partial charge < -0.3 is 19.5 Å². The van der Waals surface area contributed by atoms with Gasteiger partial charge in [0.1, 0.15) is 0 Å². The summed E-state index contributed by atoms with van der Waals surface area (Å²) in [5.41, 5.74) is 0. The number of ether oxygens (including phenoxy) is 3. The highest BCUT2D eigenvalue weighted by Crippen LogP contribution is 2.20. The van der Waals surface area contributed by atoms with Crippen molar-refractivity contribution in [2.45, 2.75) is 38.6 Å². The molecule has 1 rings (SSSR count). The average molecular weight is 259 g/mol. The van der Waals surface area contributed by atoms with E-state index in [-0.39, 0.29) is 0 Å². The van der Waals surface area contributed by atoms with Gasteiger partial charge in [-0.25, -0.2) is 0 Å². The summed E-state index contributed by atoms with van der Waals surface area (Å²) < 4.78 is 16.1. The van der Waals surface area contributed by atoms with E-state index in [2.05, 4.69) is 12.2 Å². The Morgan fingerprint density at radius 3 is 2.72 bits per heavy atom. The molecule has 1 aliphatic rings. The monoisotopic (exact) mass is 259 g/mol. The third-order valence-corrected chi connectivity index (χ3v) is 3.39. The van der Waals surface area contributed by atoms with Gasteiger partial charge in [-0.15, -0.1) is 0 Å². The van der Waals surface area contributed by atoms with E-state index >= 15 is 0 Å². The fraction of sp³-hybridized carbons (Fsp3) is 1.00. The molecule has 0 spiro atoms. The summed E-state index contributed by atoms with van der Waals surface area (Å²) in [6, 6.07) is 0.477. The number of methoxy groups -OCH3 is 1. The molecule has 1 N–H and O–H groups in total. The highest BCUT2D eigenvalue weighted by molar-refractivity contribution is 4.73. The predicted molar refractivity (Wildman–Crippen MR) is 72.9 cm³/mol. The first-order chi connectivity index (χ1) is 8.86. The molecule has 18 heavy (non-hydrogen) atoms. The van der Waals surface area contributed by atoms with E-state index in [0.717, 1.165) is 32.3 Å². The lowest BCUT2D eigenvalue weighted by Gasteiger charge is -2.27. The fourth-order valence-corrected chi connectivity index (χ4v) is 2.31. The van der Waals surface area contributed by atoms with E-state index in [4.69, 9.17) is 14.2 Å². The molecule has 1 fully saturated rings. The van der Waals surface area contributed by atoms with Crippen molar-refractivity contribution in [2.75, 3.05) is 46.7 Å². The van der Waals surface area contributed by atoms with Crippen molar-refractivity contribution in [3.8, 4) is 0 Å². The van der Waals surface area contributed by atoms with Gasteiger partial charge in [-0.1, -0.05) is 6.92 Å². The smallest absolute Gasteiger partial charge is 0.0701 e. The van der Waals surface area contributed by atoms with E-state index in [1.807, 2.05) is 0 Å². The Balaban J connectivity index is 2.20. The minimum atomic E-state index is 0.477. The zero-order chi connectivity index (χ0) is 13.1. The summed E-state index contributed by atoms with van der Waals surface area (Å²) in [6.07, 6.45) is 4.77. The maximum Gasteiger partial charge on any atom is 0.0701 e. The van der Waals surface area contributed by atoms with Crippen LogP contribution in [0.25, 0.3) is 0 Å². The lowest BCUT2D eigenvalue weighted by atomic mass is 9.92. The molecule has 0 aromatic heterocycles. The first-order valence-electron chi connectivity index (χ1n) is 7.24. The highest BCUT2D eigenvalue weighted by atomic mass is 16.5. The molecule has 0 bridgehead atoms. The molecule has 0 aromatic rings. The van der Waals surface area contributed by atoms with Crippen molar-refractivity contribution >= 4 is 0 Å². The minimum Gasteiger partial charge on any atom is -0.382 e. The van der Waals surface area contributed by atoms with Crippen LogP contribution >= 0.6 is 0 Å². The number of hydrogen-bond acceptors (Lipinski definition) is 4. The largest absolute Gasteiger partial charge is 0.382 e. The Kier molecular flexibility index (Phi) is 9.48. The van der Waals surface area contributed by atoms with Gasteiger partial charge in [-0.2, -0.15) is 0 Å². The van der Waals surface area contributed by atoms with Crippen LogP contribution in [0.2, 0.25) is 0 Å². The molecule has 1 aliphatic heterocycles. The molecule has 4 heteroatoms. The van der Waals surface area contributed by atoms with Crippen LogP contribution in [-0.4, -0.2) is 52.7 Å². The van der Waals surface area contributed by atoms with Crippen LogP contribution in [0.1, 0.15) is 32.6 Å². The molecule has 0 aliphatic carbocycles. The van der Waals surface area contributed by atoms with E-state index < -0.39 is 0 Å². The first-order valence-corrected chi connectivity index (χ1v) is 7.24. The summed E-state index contributed by atoms with van der Waals surface area (Å²) in [5, 5.41) is 3.59. The molecule has 1 heterocycles. The van der Waals surface area contributed by atoms with Crippen molar-refractivity contribution in [1.29, 1.82) is 0 Å². The van der Waals surface area contributed by atoms with Gasteiger partial charge in [-0.3, -0.25) is 0 Å². The maximum absolute atomic E-state index is 5.66. The summed E-state index contributed by atoms with van der Waals surface area (Å²) in [4.78, 5) is 0. The Morgan fingerprint density at radius 2 is 2.06 bits per heavy atom. The SMILES string of the molecule is CCCNC(COCCOC)CC1CCOCC1. The van der Waals surface area contributed by atoms with Gasteiger partial charge >= 0.3 is 0 Å². The van der Waals surface area contributed by atoms with Crippen LogP contribution in [0.5, 0.6) is 0 Å². The summed E-state index contributed by atoms with van der Waals surface area (Å²) in [6.45, 7) is 7.28. The van der Waals surface area contributed by atoms with Crippen LogP contribution in [0.3, 0.4) is 0 Å². The summed E-state index contributed by atoms with van der Waals surface area (Å²) >= 11 is 0. The number of nitrogens with one attached hydrogen (secondary N) is 1. The standard InChI is InChI=1S/C14H29NO3/c1-3-6-15-14(12-18-10-9-16-2)11-13-4-7-17-8-5-13/h13-15H,3-12H2,1-2H3. The molecule has 0 radical (unpaired) electrons. The van der Waals surface area contributed by atoms with Crippen molar-refractivity contribution in [3.63, 3.8) is 0 Å². The number of rotatable bonds is 10. The van der Waals surface area contributed by atoms with Gasteiger partial charge in [0.2, 0.25) is 0 Å². The maximum atomic E-state index is 5.66. The van der Waals surface area contributed by atoms with Gasteiger partial charge in [0, 0.05) is 26.4 Å². The fourth-order valence-electron chi connectivity index (χ4n) is 2.31. The first kappa shape index (κ1) is 15.9. The van der Waals surface area contributed by atoms with Crippen LogP contribution < -0.4 is 5.32 Å². The van der Waals surface area contributed by atoms with Crippen LogP contribution in [0.4, 0.5) is 0 Å². The van der Waals surface area contributed by atoms with E-state index in [0.29, 0.717) is 19.3 Å². The lowest BCUT2D eigenvalue weighted by molar-refractivity contribution is 0.0382. The zero-order valence-electron chi connectivity index (χ0n) is 12.0. The van der Waals surface area contributed by atoms with Crippen molar-refractivity contribution in [1.82, 2.24) is 5.32 Å². The van der Waals surface area contributed by atoms with Crippen molar-refractivity contribution in [3.05, 3.63) is 0 Å². The minimum absolute atomic E-state index is 0.477. The molecule has 1 atom stereocenters. The van der Waals surface area contributed by atoms with Gasteiger partial charge in [0.25, 0.3) is 0 Å². The molecule has 108 valence electrons. The number of hydrogen-bond donors (Lipinski definition) is 1. The second-order valence-electron chi connectivity index (χ2n) is 5.01. The summed E-state index contributed by atoms with van der Waals surface area (Å²) in [5.74, 6) is 0.791. The van der Waals surface area contributed by atoms with Crippen molar-refractivity contribution in [2.24, 2.45) is 5.92 Å². The van der Waals surface area contributed by atoms with E-state index in [1.165, 1.54) is 25.7 Å². The molecule has 0 amide bonds. The quantitative estimate of drug-likeness (QED) is 0.608. The van der Waals surface area contributed by atoms with Gasteiger partial charge in [-0.05, 0) is 38.1 Å². The third-order valence-electron chi connectivity index (χ3n) is 3.39.